The number of fused-ring (bicyclic) bond motifs is 2. The predicted octanol–water partition coefficient (Wildman–Crippen LogP) is 8.31. The van der Waals surface area contributed by atoms with Gasteiger partial charge < -0.3 is 20.6 Å². The number of carbonyl (C=O) groups excluding carboxylic acids is 2. The summed E-state index contributed by atoms with van der Waals surface area (Å²) in [5, 5.41) is 5.91. The quantitative estimate of drug-likeness (QED) is 0.0839. The number of alkyl halides is 6. The van der Waals surface area contributed by atoms with Gasteiger partial charge in [0.1, 0.15) is 0 Å². The van der Waals surface area contributed by atoms with Crippen LogP contribution in [0.2, 0.25) is 0 Å². The Morgan fingerprint density at radius 3 is 1.29 bits per heavy atom. The van der Waals surface area contributed by atoms with Crippen molar-refractivity contribution < 1.29 is 35.9 Å². The minimum Gasteiger partial charge on any atom is -0.333 e. The molecule has 252 valence electrons. The second-order valence-corrected chi connectivity index (χ2v) is 12.6. The number of aromatic amines is 2. The number of benzene rings is 4. The van der Waals surface area contributed by atoms with E-state index in [0.717, 1.165) is 58.8 Å². The minimum atomic E-state index is -5.81. The number of hydrogen-bond acceptors (Lipinski definition) is 6. The molecular weight excluding hydrogens is 691 g/mol. The predicted molar refractivity (Wildman–Crippen MR) is 177 cm³/mol. The average molecular weight is 715 g/mol. The highest BCUT2D eigenvalue weighted by Crippen LogP contribution is 2.56. The number of nitrogens with zero attached hydrogens (tertiary/aromatic N) is 2. The maximum absolute atomic E-state index is 14.7. The summed E-state index contributed by atoms with van der Waals surface area (Å²) in [6, 6.07) is 21.2. The molecule has 8 nitrogen and oxygen atoms in total. The molecule has 0 saturated heterocycles. The van der Waals surface area contributed by atoms with Crippen molar-refractivity contribution in [2.45, 2.75) is 28.1 Å². The molecule has 2 aromatic heterocycles. The van der Waals surface area contributed by atoms with Crippen LogP contribution in [0, 0.1) is 0 Å². The molecule has 0 aliphatic rings. The molecule has 0 saturated carbocycles. The van der Waals surface area contributed by atoms with Crippen LogP contribution < -0.4 is 10.6 Å². The van der Waals surface area contributed by atoms with Crippen LogP contribution in [0.25, 0.3) is 22.1 Å². The van der Waals surface area contributed by atoms with Gasteiger partial charge in [-0.25, -0.2) is 9.97 Å². The molecule has 0 aliphatic heterocycles. The Morgan fingerprint density at radius 1 is 0.571 bits per heavy atom. The Kier molecular flexibility index (Phi) is 9.35. The molecule has 0 unspecified atom stereocenters. The fourth-order valence-electron chi connectivity index (χ4n) is 5.25. The van der Waals surface area contributed by atoms with Gasteiger partial charge in [-0.15, -0.1) is 0 Å². The summed E-state index contributed by atoms with van der Waals surface area (Å²) in [6.45, 7) is 0. The molecule has 0 fully saturated rings. The summed E-state index contributed by atoms with van der Waals surface area (Å²) in [5.74, 6) is -1.30. The molecule has 2 heterocycles. The van der Waals surface area contributed by atoms with E-state index < -0.39 is 40.7 Å². The van der Waals surface area contributed by atoms with E-state index in [4.69, 9.17) is 0 Å². The van der Waals surface area contributed by atoms with Gasteiger partial charge in [-0.3, -0.25) is 9.59 Å². The van der Waals surface area contributed by atoms with Crippen LogP contribution in [0.4, 0.5) is 37.7 Å². The molecule has 49 heavy (non-hydrogen) atoms. The first-order chi connectivity index (χ1) is 23.3. The number of rotatable bonds is 10. The van der Waals surface area contributed by atoms with Gasteiger partial charge in [0.15, 0.2) is 10.3 Å². The first kappa shape index (κ1) is 33.9. The van der Waals surface area contributed by atoms with Gasteiger partial charge in [0.05, 0.1) is 33.6 Å². The summed E-state index contributed by atoms with van der Waals surface area (Å²) >= 11 is 2.17. The zero-order valence-corrected chi connectivity index (χ0v) is 26.6. The first-order valence-electron chi connectivity index (χ1n) is 14.4. The van der Waals surface area contributed by atoms with E-state index in [1.165, 1.54) is 0 Å². The van der Waals surface area contributed by atoms with Crippen molar-refractivity contribution in [3.05, 3.63) is 108 Å². The van der Waals surface area contributed by atoms with Gasteiger partial charge in [-0.05, 0) is 59.7 Å². The van der Waals surface area contributed by atoms with Gasteiger partial charge in [-0.1, -0.05) is 72.1 Å². The number of imidazole rings is 2. The Bertz CT molecular complexity index is 1890. The van der Waals surface area contributed by atoms with Crippen molar-refractivity contribution >= 4 is 68.8 Å². The van der Waals surface area contributed by atoms with E-state index in [-0.39, 0.29) is 22.9 Å². The summed E-state index contributed by atoms with van der Waals surface area (Å²) in [7, 11) is 0. The number of anilines is 2. The van der Waals surface area contributed by atoms with E-state index in [0.29, 0.717) is 45.6 Å². The third-order valence-corrected chi connectivity index (χ3v) is 9.22. The van der Waals surface area contributed by atoms with Crippen molar-refractivity contribution in [2.24, 2.45) is 0 Å². The number of carbonyl (C=O) groups is 2. The maximum atomic E-state index is 14.7. The van der Waals surface area contributed by atoms with Gasteiger partial charge in [-0.2, -0.15) is 26.3 Å². The lowest BCUT2D eigenvalue weighted by molar-refractivity contribution is -0.288. The second kappa shape index (κ2) is 13.5. The number of halogens is 6. The zero-order valence-electron chi connectivity index (χ0n) is 24.9. The highest BCUT2D eigenvalue weighted by Gasteiger charge is 2.72. The molecule has 2 amide bonds. The van der Waals surface area contributed by atoms with Crippen LogP contribution in [-0.2, 0) is 15.0 Å². The molecule has 4 aromatic carbocycles. The number of amides is 2. The van der Waals surface area contributed by atoms with Crippen molar-refractivity contribution in [1.29, 1.82) is 0 Å². The molecule has 0 spiro atoms. The lowest BCUT2D eigenvalue weighted by Gasteiger charge is -2.38. The van der Waals surface area contributed by atoms with Crippen LogP contribution in [0.3, 0.4) is 0 Å². The minimum absolute atomic E-state index is 0.00998. The fourth-order valence-corrected chi connectivity index (χ4v) is 6.62. The van der Waals surface area contributed by atoms with E-state index in [1.807, 2.05) is 36.4 Å². The molecule has 0 aliphatic carbocycles. The van der Waals surface area contributed by atoms with E-state index in [2.05, 4.69) is 30.6 Å². The molecule has 6 aromatic rings. The Labute approximate surface area is 282 Å². The van der Waals surface area contributed by atoms with Crippen LogP contribution in [0.5, 0.6) is 0 Å². The van der Waals surface area contributed by atoms with Crippen LogP contribution in [-0.4, -0.2) is 55.6 Å². The summed E-state index contributed by atoms with van der Waals surface area (Å²) in [6.07, 6.45) is -11.6. The van der Waals surface area contributed by atoms with Crippen molar-refractivity contribution in [3.63, 3.8) is 0 Å². The number of hydrogen-bond donors (Lipinski definition) is 4. The molecule has 6 rings (SSSR count). The second-order valence-electron chi connectivity index (χ2n) is 10.7. The van der Waals surface area contributed by atoms with E-state index in [1.54, 1.807) is 12.1 Å². The lowest BCUT2D eigenvalue weighted by atomic mass is 9.73. The van der Waals surface area contributed by atoms with Gasteiger partial charge in [0.2, 0.25) is 17.2 Å². The van der Waals surface area contributed by atoms with Crippen LogP contribution in [0.15, 0.2) is 107 Å². The third-order valence-electron chi connectivity index (χ3n) is 7.47. The van der Waals surface area contributed by atoms with Gasteiger partial charge >= 0.3 is 12.4 Å². The Balaban J connectivity index is 1.15. The van der Waals surface area contributed by atoms with Crippen molar-refractivity contribution in [3.8, 4) is 0 Å². The summed E-state index contributed by atoms with van der Waals surface area (Å²) in [5.41, 5.74) is -3.63. The summed E-state index contributed by atoms with van der Waals surface area (Å²) < 4.78 is 87.9. The number of nitrogens with one attached hydrogen (secondary N) is 4. The number of para-hydroxylation sites is 4. The van der Waals surface area contributed by atoms with E-state index in [9.17, 15) is 35.9 Å². The SMILES string of the molecule is O=C(CSc1nc2ccccc2[nH]1)Nc1ccc(C(c2ccc(NC(=O)CSc3nc4ccccc4[nH]3)cc2)(C(F)(F)F)C(F)(F)F)cc1. The Morgan fingerprint density at radius 2 is 0.939 bits per heavy atom. The normalized spacial score (nSPS) is 12.4. The standard InChI is InChI=1S/C33H24F6N6O2S2/c34-32(35,36)31(33(37,38)39,19-9-13-21(14-10-19)40-27(46)17-48-29-42-23-5-1-2-6-24(23)43-29)20-11-15-22(16-12-20)41-28(47)18-49-30-44-25-7-3-4-8-26(25)45-30/h1-16H,17-18H2,(H,40,46)(H,41,47)(H,42,43)(H,44,45). The monoisotopic (exact) mass is 714 g/mol. The van der Waals surface area contributed by atoms with Crippen LogP contribution in [0.1, 0.15) is 11.1 Å². The van der Waals surface area contributed by atoms with Crippen molar-refractivity contribution in [2.75, 3.05) is 22.1 Å². The van der Waals surface area contributed by atoms with Crippen LogP contribution >= 0.6 is 23.5 Å². The largest absolute Gasteiger partial charge is 0.411 e. The zero-order chi connectivity index (χ0) is 34.8. The lowest BCUT2D eigenvalue weighted by Crippen LogP contribution is -2.54. The topological polar surface area (TPSA) is 116 Å². The molecule has 16 heteroatoms. The Hall–Kier alpha value is -4.96. The molecular formula is C33H24F6N6O2S2. The third kappa shape index (κ3) is 7.10. The molecule has 0 bridgehead atoms. The smallest absolute Gasteiger partial charge is 0.333 e. The highest BCUT2D eigenvalue weighted by atomic mass is 32.2. The van der Waals surface area contributed by atoms with Gasteiger partial charge in [0, 0.05) is 11.4 Å². The molecule has 4 N–H and O–H groups in total. The average Bonchev–Trinajstić information content (AvgIpc) is 3.67. The van der Waals surface area contributed by atoms with Gasteiger partial charge in [0.25, 0.3) is 0 Å². The first-order valence-corrected chi connectivity index (χ1v) is 16.4. The van der Waals surface area contributed by atoms with E-state index >= 15 is 0 Å². The fraction of sp³-hybridized carbons (Fsp3) is 0.152. The van der Waals surface area contributed by atoms with Crippen molar-refractivity contribution in [1.82, 2.24) is 19.9 Å². The number of H-pyrrole nitrogens is 2. The molecule has 0 radical (unpaired) electrons. The summed E-state index contributed by atoms with van der Waals surface area (Å²) in [4.78, 5) is 39.8. The number of thioether (sulfide) groups is 2. The highest BCUT2D eigenvalue weighted by molar-refractivity contribution is 8.00. The number of aromatic nitrogens is 4. The molecule has 0 atom stereocenters. The maximum Gasteiger partial charge on any atom is 0.411 e.